The van der Waals surface area contributed by atoms with Crippen LogP contribution in [0.5, 0.6) is 0 Å². The molecule has 0 aromatic heterocycles. The molecule has 0 bridgehead atoms. The first-order valence-electron chi connectivity index (χ1n) is 10.2. The number of rotatable bonds is 0. The smallest absolute Gasteiger partial charge is 0.0542 e. The zero-order valence-electron chi connectivity index (χ0n) is 17.9. The Bertz CT molecular complexity index is 273. The Morgan fingerprint density at radius 2 is 1.04 bits per heavy atom. The van der Waals surface area contributed by atoms with Gasteiger partial charge in [0.05, 0.1) is 12.2 Å². The minimum Gasteiger partial charge on any atom is -0.393 e. The summed E-state index contributed by atoms with van der Waals surface area (Å²) in [5, 5.41) is 18.1. The van der Waals surface area contributed by atoms with Crippen molar-refractivity contribution in [1.82, 2.24) is 0 Å². The SMILES string of the molecule is CC(C)(C)C(C)(C)C.CC1CCC(O)CC1.C[C@@H]1CCC[C@H](O)C1. The summed E-state index contributed by atoms with van der Waals surface area (Å²) in [5.74, 6) is 1.62. The van der Waals surface area contributed by atoms with Gasteiger partial charge in [-0.3, -0.25) is 0 Å². The Kier molecular flexibility index (Phi) is 10.8. The van der Waals surface area contributed by atoms with E-state index in [0.29, 0.717) is 10.8 Å². The molecule has 0 aromatic rings. The molecule has 0 radical (unpaired) electrons. The van der Waals surface area contributed by atoms with Crippen LogP contribution in [0.15, 0.2) is 0 Å². The van der Waals surface area contributed by atoms with E-state index in [9.17, 15) is 0 Å². The van der Waals surface area contributed by atoms with Gasteiger partial charge in [-0.1, -0.05) is 68.2 Å². The molecule has 2 heteroatoms. The Hall–Kier alpha value is -0.0800. The monoisotopic (exact) mass is 342 g/mol. The molecule has 2 rings (SSSR count). The molecule has 2 aliphatic rings. The van der Waals surface area contributed by atoms with Crippen molar-refractivity contribution in [3.8, 4) is 0 Å². The molecule has 0 heterocycles. The number of aliphatic hydroxyl groups excluding tert-OH is 2. The first-order valence-corrected chi connectivity index (χ1v) is 10.2. The van der Waals surface area contributed by atoms with Crippen LogP contribution in [-0.4, -0.2) is 22.4 Å². The third-order valence-corrected chi connectivity index (χ3v) is 6.14. The maximum absolute atomic E-state index is 9.08. The van der Waals surface area contributed by atoms with E-state index in [4.69, 9.17) is 10.2 Å². The topological polar surface area (TPSA) is 40.5 Å². The first-order chi connectivity index (χ1) is 10.8. The van der Waals surface area contributed by atoms with Crippen LogP contribution in [0.25, 0.3) is 0 Å². The van der Waals surface area contributed by atoms with Gasteiger partial charge in [-0.05, 0) is 61.2 Å². The van der Waals surface area contributed by atoms with Crippen molar-refractivity contribution in [3.63, 3.8) is 0 Å². The maximum atomic E-state index is 9.08. The fraction of sp³-hybridized carbons (Fsp3) is 1.00. The van der Waals surface area contributed by atoms with Gasteiger partial charge in [0, 0.05) is 0 Å². The lowest BCUT2D eigenvalue weighted by Crippen LogP contribution is -2.25. The summed E-state index contributed by atoms with van der Waals surface area (Å²) in [4.78, 5) is 0. The zero-order valence-corrected chi connectivity index (χ0v) is 17.9. The molecule has 2 fully saturated rings. The molecule has 2 atom stereocenters. The summed E-state index contributed by atoms with van der Waals surface area (Å²) in [6, 6.07) is 0. The molecule has 24 heavy (non-hydrogen) atoms. The van der Waals surface area contributed by atoms with Gasteiger partial charge >= 0.3 is 0 Å². The second kappa shape index (κ2) is 10.8. The molecule has 2 aliphatic carbocycles. The zero-order chi connectivity index (χ0) is 19.0. The lowest BCUT2D eigenvalue weighted by Gasteiger charge is -2.34. The second-order valence-electron chi connectivity index (χ2n) is 10.3. The van der Waals surface area contributed by atoms with Gasteiger partial charge < -0.3 is 10.2 Å². The Balaban J connectivity index is 0.000000331. The third kappa shape index (κ3) is 11.5. The Morgan fingerprint density at radius 3 is 1.29 bits per heavy atom. The van der Waals surface area contributed by atoms with Gasteiger partial charge in [0.1, 0.15) is 0 Å². The van der Waals surface area contributed by atoms with Gasteiger partial charge in [0.15, 0.2) is 0 Å². The summed E-state index contributed by atoms with van der Waals surface area (Å²) in [7, 11) is 0. The molecule has 0 saturated heterocycles. The highest BCUT2D eigenvalue weighted by Gasteiger charge is 2.26. The van der Waals surface area contributed by atoms with Gasteiger partial charge in [-0.15, -0.1) is 0 Å². The van der Waals surface area contributed by atoms with Crippen LogP contribution < -0.4 is 0 Å². The molecular formula is C22H46O2. The van der Waals surface area contributed by atoms with Crippen LogP contribution in [0, 0.1) is 22.7 Å². The molecule has 146 valence electrons. The number of hydrogen-bond acceptors (Lipinski definition) is 2. The van der Waals surface area contributed by atoms with Crippen molar-refractivity contribution in [1.29, 1.82) is 0 Å². The van der Waals surface area contributed by atoms with E-state index in [1.807, 2.05) is 0 Å². The minimum absolute atomic E-state index is 0.0127. The maximum Gasteiger partial charge on any atom is 0.0542 e. The van der Waals surface area contributed by atoms with E-state index in [1.165, 1.54) is 25.7 Å². The highest BCUT2D eigenvalue weighted by atomic mass is 16.3. The van der Waals surface area contributed by atoms with E-state index in [-0.39, 0.29) is 12.2 Å². The van der Waals surface area contributed by atoms with Crippen molar-refractivity contribution in [2.75, 3.05) is 0 Å². The normalized spacial score (nSPS) is 31.2. The summed E-state index contributed by atoms with van der Waals surface area (Å²) in [5.41, 5.74) is 0.875. The lowest BCUT2D eigenvalue weighted by molar-refractivity contribution is 0.106. The highest BCUT2D eigenvalue weighted by Crippen LogP contribution is 2.36. The highest BCUT2D eigenvalue weighted by molar-refractivity contribution is 4.77. The van der Waals surface area contributed by atoms with Crippen LogP contribution in [0.4, 0.5) is 0 Å². The summed E-state index contributed by atoms with van der Waals surface area (Å²) in [6.07, 6.45) is 9.14. The molecule has 2 nitrogen and oxygen atoms in total. The van der Waals surface area contributed by atoms with Crippen LogP contribution in [-0.2, 0) is 0 Å². The van der Waals surface area contributed by atoms with E-state index < -0.39 is 0 Å². The summed E-state index contributed by atoms with van der Waals surface area (Å²) in [6.45, 7) is 18.1. The number of hydrogen-bond donors (Lipinski definition) is 2. The molecular weight excluding hydrogens is 296 g/mol. The van der Waals surface area contributed by atoms with Gasteiger partial charge in [-0.2, -0.15) is 0 Å². The van der Waals surface area contributed by atoms with Gasteiger partial charge in [0.25, 0.3) is 0 Å². The molecule has 2 saturated carbocycles. The second-order valence-corrected chi connectivity index (χ2v) is 10.3. The minimum atomic E-state index is 0.0127. The van der Waals surface area contributed by atoms with Crippen molar-refractivity contribution >= 4 is 0 Å². The molecule has 0 aliphatic heterocycles. The predicted octanol–water partition coefficient (Wildman–Crippen LogP) is 6.19. The Morgan fingerprint density at radius 1 is 0.583 bits per heavy atom. The van der Waals surface area contributed by atoms with Crippen molar-refractivity contribution in [3.05, 3.63) is 0 Å². The average molecular weight is 343 g/mol. The predicted molar refractivity (Wildman–Crippen MR) is 106 cm³/mol. The summed E-state index contributed by atoms with van der Waals surface area (Å²) < 4.78 is 0. The molecule has 0 unspecified atom stereocenters. The molecule has 0 aromatic carbocycles. The fourth-order valence-corrected chi connectivity index (χ4v) is 2.64. The van der Waals surface area contributed by atoms with Crippen LogP contribution in [0.1, 0.15) is 107 Å². The third-order valence-electron chi connectivity index (χ3n) is 6.14. The van der Waals surface area contributed by atoms with Gasteiger partial charge in [-0.25, -0.2) is 0 Å². The largest absolute Gasteiger partial charge is 0.393 e. The van der Waals surface area contributed by atoms with E-state index in [0.717, 1.165) is 37.5 Å². The van der Waals surface area contributed by atoms with E-state index in [2.05, 4.69) is 55.4 Å². The van der Waals surface area contributed by atoms with Crippen LogP contribution >= 0.6 is 0 Å². The molecule has 0 amide bonds. The first kappa shape index (κ1) is 23.9. The Labute approximate surface area is 152 Å². The fourth-order valence-electron chi connectivity index (χ4n) is 2.64. The number of aliphatic hydroxyl groups is 2. The average Bonchev–Trinajstić information content (AvgIpc) is 2.41. The van der Waals surface area contributed by atoms with Crippen LogP contribution in [0.3, 0.4) is 0 Å². The van der Waals surface area contributed by atoms with Crippen molar-refractivity contribution < 1.29 is 10.2 Å². The van der Waals surface area contributed by atoms with Crippen molar-refractivity contribution in [2.24, 2.45) is 22.7 Å². The lowest BCUT2D eigenvalue weighted by atomic mass is 9.71. The van der Waals surface area contributed by atoms with Gasteiger partial charge in [0.2, 0.25) is 0 Å². The molecule has 2 N–H and O–H groups in total. The molecule has 0 spiro atoms. The summed E-state index contributed by atoms with van der Waals surface area (Å²) >= 11 is 0. The standard InChI is InChI=1S/C8H18.2C7H14O/c1-7(2,3)8(4,5)6;1-6-2-4-7(8)5-3-6;1-6-3-2-4-7(8)5-6/h1-6H3;2*6-8H,2-5H2,1H3/t;;6-,7+/m..1/s1. The quantitative estimate of drug-likeness (QED) is 0.550. The van der Waals surface area contributed by atoms with Crippen molar-refractivity contribution in [2.45, 2.75) is 119 Å². The van der Waals surface area contributed by atoms with E-state index in [1.54, 1.807) is 0 Å². The van der Waals surface area contributed by atoms with Crippen LogP contribution in [0.2, 0.25) is 0 Å². The van der Waals surface area contributed by atoms with E-state index >= 15 is 0 Å².